The van der Waals surface area contributed by atoms with Crippen LogP contribution in [-0.4, -0.2) is 12.6 Å². The van der Waals surface area contributed by atoms with Crippen molar-refractivity contribution in [3.05, 3.63) is 27.2 Å². The highest BCUT2D eigenvalue weighted by Gasteiger charge is 2.17. The summed E-state index contributed by atoms with van der Waals surface area (Å²) in [5.41, 5.74) is 6.77. The van der Waals surface area contributed by atoms with E-state index in [-0.39, 0.29) is 22.9 Å². The molecule has 0 radical (unpaired) electrons. The molecule has 0 spiro atoms. The van der Waals surface area contributed by atoms with E-state index in [0.717, 1.165) is 0 Å². The lowest BCUT2D eigenvalue weighted by molar-refractivity contribution is 0.0527. The Hall–Kier alpha value is -0.930. The minimum absolute atomic E-state index is 0.158. The molecule has 15 heavy (non-hydrogen) atoms. The predicted octanol–water partition coefficient (Wildman–Crippen LogP) is 3.06. The van der Waals surface area contributed by atoms with Crippen molar-refractivity contribution < 1.29 is 9.53 Å². The molecule has 3 nitrogen and oxygen atoms in total. The van der Waals surface area contributed by atoms with Gasteiger partial charge in [0.15, 0.2) is 0 Å². The van der Waals surface area contributed by atoms with Crippen molar-refractivity contribution in [1.29, 1.82) is 0 Å². The molecule has 0 fully saturated rings. The van der Waals surface area contributed by atoms with E-state index in [1.165, 1.54) is 0 Å². The number of rotatable bonds is 2. The number of carbonyl (C=O) groups is 1. The number of hydrogen-bond acceptors (Lipinski definition) is 3. The minimum atomic E-state index is -0.489. The Kier molecular flexibility index (Phi) is 3.83. The van der Waals surface area contributed by atoms with Crippen molar-refractivity contribution in [1.82, 2.24) is 0 Å². The molecular formula is C10H11Cl2NO2. The zero-order valence-electron chi connectivity index (χ0n) is 8.43. The Morgan fingerprint density at radius 2 is 2.07 bits per heavy atom. The van der Waals surface area contributed by atoms with Crippen LogP contribution in [0.3, 0.4) is 0 Å². The molecule has 0 bridgehead atoms. The van der Waals surface area contributed by atoms with E-state index in [4.69, 9.17) is 33.7 Å². The number of nitrogen functional groups attached to an aromatic ring is 1. The van der Waals surface area contributed by atoms with Crippen molar-refractivity contribution in [2.24, 2.45) is 0 Å². The molecule has 0 saturated carbocycles. The van der Waals surface area contributed by atoms with Crippen LogP contribution in [0, 0.1) is 6.92 Å². The fraction of sp³-hybridized carbons (Fsp3) is 0.300. The lowest BCUT2D eigenvalue weighted by atomic mass is 10.1. The number of anilines is 1. The second kappa shape index (κ2) is 4.73. The summed E-state index contributed by atoms with van der Waals surface area (Å²) in [7, 11) is 0. The lowest BCUT2D eigenvalue weighted by Crippen LogP contribution is -2.09. The van der Waals surface area contributed by atoms with Crippen molar-refractivity contribution >= 4 is 34.9 Å². The third kappa shape index (κ3) is 2.36. The molecule has 82 valence electrons. The Labute approximate surface area is 98.1 Å². The summed E-state index contributed by atoms with van der Waals surface area (Å²) < 4.78 is 4.84. The number of carbonyl (C=O) groups excluding carboxylic acids is 1. The lowest BCUT2D eigenvalue weighted by Gasteiger charge is -2.10. The van der Waals surface area contributed by atoms with Crippen LogP contribution in [0.1, 0.15) is 22.8 Å². The van der Waals surface area contributed by atoms with Gasteiger partial charge in [-0.15, -0.1) is 0 Å². The molecule has 0 amide bonds. The highest BCUT2D eigenvalue weighted by Crippen LogP contribution is 2.34. The Bertz CT molecular complexity index is 405. The largest absolute Gasteiger partial charge is 0.462 e. The van der Waals surface area contributed by atoms with E-state index >= 15 is 0 Å². The highest BCUT2D eigenvalue weighted by molar-refractivity contribution is 6.44. The molecular weight excluding hydrogens is 237 g/mol. The Balaban J connectivity index is 3.26. The summed E-state index contributed by atoms with van der Waals surface area (Å²) >= 11 is 11.7. The molecule has 0 aliphatic heterocycles. The molecule has 0 aliphatic carbocycles. The van der Waals surface area contributed by atoms with Gasteiger partial charge in [0.05, 0.1) is 27.9 Å². The van der Waals surface area contributed by atoms with Crippen molar-refractivity contribution in [3.8, 4) is 0 Å². The number of halogens is 2. The standard InChI is InChI=1S/C10H11Cl2NO2/c1-3-15-10(14)6-4-5(2)7(11)8(12)9(6)13/h4H,3,13H2,1-2H3. The number of aryl methyl sites for hydroxylation is 1. The molecule has 0 saturated heterocycles. The van der Waals surface area contributed by atoms with Crippen molar-refractivity contribution in [3.63, 3.8) is 0 Å². The number of ether oxygens (including phenoxy) is 1. The van der Waals surface area contributed by atoms with Crippen LogP contribution in [0.2, 0.25) is 10.0 Å². The zero-order valence-corrected chi connectivity index (χ0v) is 9.95. The van der Waals surface area contributed by atoms with Crippen molar-refractivity contribution in [2.45, 2.75) is 13.8 Å². The zero-order chi connectivity index (χ0) is 11.6. The molecule has 0 unspecified atom stereocenters. The van der Waals surface area contributed by atoms with Crippen LogP contribution in [-0.2, 0) is 4.74 Å². The van der Waals surface area contributed by atoms with E-state index in [1.54, 1.807) is 19.9 Å². The number of benzene rings is 1. The van der Waals surface area contributed by atoms with Gasteiger partial charge in [0, 0.05) is 0 Å². The van der Waals surface area contributed by atoms with Gasteiger partial charge in [-0.2, -0.15) is 0 Å². The van der Waals surface area contributed by atoms with E-state index in [9.17, 15) is 4.79 Å². The maximum absolute atomic E-state index is 11.5. The van der Waals surface area contributed by atoms with Gasteiger partial charge in [0.25, 0.3) is 0 Å². The quantitative estimate of drug-likeness (QED) is 0.646. The molecule has 1 aromatic rings. The first-order valence-electron chi connectivity index (χ1n) is 4.40. The summed E-state index contributed by atoms with van der Waals surface area (Å²) in [6.07, 6.45) is 0. The van der Waals surface area contributed by atoms with Gasteiger partial charge < -0.3 is 10.5 Å². The third-order valence-corrected chi connectivity index (χ3v) is 2.90. The fourth-order valence-electron chi connectivity index (χ4n) is 1.14. The van der Waals surface area contributed by atoms with E-state index in [2.05, 4.69) is 0 Å². The van der Waals surface area contributed by atoms with E-state index in [0.29, 0.717) is 10.6 Å². The average molecular weight is 248 g/mol. The summed E-state index contributed by atoms with van der Waals surface area (Å²) in [6.45, 7) is 3.76. The second-order valence-electron chi connectivity index (χ2n) is 3.00. The molecule has 1 rings (SSSR count). The first kappa shape index (κ1) is 12.1. The molecule has 0 atom stereocenters. The minimum Gasteiger partial charge on any atom is -0.462 e. The summed E-state index contributed by atoms with van der Waals surface area (Å²) in [4.78, 5) is 11.5. The summed E-state index contributed by atoms with van der Waals surface area (Å²) in [5.74, 6) is -0.489. The summed E-state index contributed by atoms with van der Waals surface area (Å²) in [6, 6.07) is 1.57. The van der Waals surface area contributed by atoms with Crippen LogP contribution in [0.25, 0.3) is 0 Å². The fourth-order valence-corrected chi connectivity index (χ4v) is 1.55. The molecule has 0 aromatic heterocycles. The maximum Gasteiger partial charge on any atom is 0.340 e. The number of esters is 1. The topological polar surface area (TPSA) is 52.3 Å². The third-order valence-electron chi connectivity index (χ3n) is 1.92. The SMILES string of the molecule is CCOC(=O)c1cc(C)c(Cl)c(Cl)c1N. The van der Waals surface area contributed by atoms with Gasteiger partial charge in [-0.1, -0.05) is 23.2 Å². The van der Waals surface area contributed by atoms with Gasteiger partial charge in [-0.3, -0.25) is 0 Å². The van der Waals surface area contributed by atoms with Crippen LogP contribution in [0.4, 0.5) is 5.69 Å². The molecule has 0 heterocycles. The molecule has 1 aromatic carbocycles. The average Bonchev–Trinajstić information content (AvgIpc) is 2.20. The molecule has 2 N–H and O–H groups in total. The van der Waals surface area contributed by atoms with Gasteiger partial charge >= 0.3 is 5.97 Å². The van der Waals surface area contributed by atoms with Gasteiger partial charge in [0.2, 0.25) is 0 Å². The van der Waals surface area contributed by atoms with E-state index < -0.39 is 5.97 Å². The number of nitrogens with two attached hydrogens (primary N) is 1. The van der Waals surface area contributed by atoms with Gasteiger partial charge in [0.1, 0.15) is 0 Å². The van der Waals surface area contributed by atoms with Gasteiger partial charge in [-0.05, 0) is 25.5 Å². The predicted molar refractivity (Wildman–Crippen MR) is 61.6 cm³/mol. The Morgan fingerprint density at radius 3 is 2.60 bits per heavy atom. The van der Waals surface area contributed by atoms with Gasteiger partial charge in [-0.25, -0.2) is 4.79 Å². The normalized spacial score (nSPS) is 10.1. The monoisotopic (exact) mass is 247 g/mol. The van der Waals surface area contributed by atoms with Crippen molar-refractivity contribution in [2.75, 3.05) is 12.3 Å². The first-order chi connectivity index (χ1) is 6.99. The van der Waals surface area contributed by atoms with Crippen LogP contribution in [0.5, 0.6) is 0 Å². The molecule has 0 aliphatic rings. The summed E-state index contributed by atoms with van der Waals surface area (Å²) in [5, 5.41) is 0.557. The van der Waals surface area contributed by atoms with E-state index in [1.807, 2.05) is 0 Å². The highest BCUT2D eigenvalue weighted by atomic mass is 35.5. The number of hydrogen-bond donors (Lipinski definition) is 1. The van der Waals surface area contributed by atoms with Crippen LogP contribution in [0.15, 0.2) is 6.07 Å². The maximum atomic E-state index is 11.5. The second-order valence-corrected chi connectivity index (χ2v) is 3.76. The van der Waals surface area contributed by atoms with Crippen LogP contribution >= 0.6 is 23.2 Å². The smallest absolute Gasteiger partial charge is 0.340 e. The first-order valence-corrected chi connectivity index (χ1v) is 5.15. The molecule has 5 heteroatoms. The van der Waals surface area contributed by atoms with Crippen LogP contribution < -0.4 is 5.73 Å². The Morgan fingerprint density at radius 1 is 1.47 bits per heavy atom.